The molecule has 0 saturated heterocycles. The van der Waals surface area contributed by atoms with E-state index in [1.807, 2.05) is 13.0 Å². The van der Waals surface area contributed by atoms with E-state index in [9.17, 15) is 18.4 Å². The number of carbonyl (C=O) groups is 2. The third kappa shape index (κ3) is 4.65. The summed E-state index contributed by atoms with van der Waals surface area (Å²) in [6, 6.07) is 8.68. The predicted molar refractivity (Wildman–Crippen MR) is 101 cm³/mol. The van der Waals surface area contributed by atoms with Crippen molar-refractivity contribution in [1.82, 2.24) is 4.90 Å². The van der Waals surface area contributed by atoms with Crippen LogP contribution in [-0.2, 0) is 22.4 Å². The van der Waals surface area contributed by atoms with Gasteiger partial charge in [0.25, 0.3) is 5.91 Å². The minimum absolute atomic E-state index is 0.00215. The van der Waals surface area contributed by atoms with Gasteiger partial charge in [0.1, 0.15) is 17.4 Å². The standard InChI is InChI=1S/C21H22F2N2O3/c1-13(9-15-5-6-16(22)11-17(15)23)25(2)21(27)8-4-14-3-7-19-18(10-14)24-20(26)12-28-19/h3,5-7,10-11,13H,4,8-9,12H2,1-2H3,(H,24,26)/t13-/m0/s1. The highest BCUT2D eigenvalue weighted by atomic mass is 19.1. The Labute approximate surface area is 162 Å². The number of fused-ring (bicyclic) bond motifs is 1. The fourth-order valence-corrected chi connectivity index (χ4v) is 3.10. The molecule has 2 amide bonds. The van der Waals surface area contributed by atoms with Gasteiger partial charge in [-0.2, -0.15) is 0 Å². The maximum absolute atomic E-state index is 13.8. The molecule has 0 aliphatic carbocycles. The molecule has 5 nitrogen and oxygen atoms in total. The van der Waals surface area contributed by atoms with Gasteiger partial charge in [-0.1, -0.05) is 12.1 Å². The number of anilines is 1. The number of nitrogens with one attached hydrogen (secondary N) is 1. The largest absolute Gasteiger partial charge is 0.482 e. The number of hydrogen-bond acceptors (Lipinski definition) is 3. The Hall–Kier alpha value is -2.96. The van der Waals surface area contributed by atoms with E-state index in [1.165, 1.54) is 12.1 Å². The lowest BCUT2D eigenvalue weighted by Gasteiger charge is -2.25. The van der Waals surface area contributed by atoms with Crippen LogP contribution in [0.4, 0.5) is 14.5 Å². The van der Waals surface area contributed by atoms with Crippen molar-refractivity contribution in [2.45, 2.75) is 32.2 Å². The summed E-state index contributed by atoms with van der Waals surface area (Å²) in [6.45, 7) is 1.83. The average Bonchev–Trinajstić information content (AvgIpc) is 2.67. The van der Waals surface area contributed by atoms with Gasteiger partial charge < -0.3 is 15.0 Å². The van der Waals surface area contributed by atoms with E-state index < -0.39 is 11.6 Å². The third-order valence-corrected chi connectivity index (χ3v) is 4.89. The van der Waals surface area contributed by atoms with E-state index >= 15 is 0 Å². The molecular formula is C21H22F2N2O3. The fourth-order valence-electron chi connectivity index (χ4n) is 3.10. The van der Waals surface area contributed by atoms with E-state index in [4.69, 9.17) is 4.74 Å². The molecule has 1 aliphatic heterocycles. The van der Waals surface area contributed by atoms with Crippen LogP contribution in [0, 0.1) is 11.6 Å². The van der Waals surface area contributed by atoms with Crippen molar-refractivity contribution in [3.63, 3.8) is 0 Å². The molecule has 0 fully saturated rings. The quantitative estimate of drug-likeness (QED) is 0.826. The van der Waals surface area contributed by atoms with Gasteiger partial charge in [0.15, 0.2) is 6.61 Å². The van der Waals surface area contributed by atoms with Gasteiger partial charge in [0.2, 0.25) is 5.91 Å². The van der Waals surface area contributed by atoms with Gasteiger partial charge in [-0.3, -0.25) is 9.59 Å². The summed E-state index contributed by atoms with van der Waals surface area (Å²) >= 11 is 0. The van der Waals surface area contributed by atoms with Crippen LogP contribution in [0.15, 0.2) is 36.4 Å². The molecule has 1 atom stereocenters. The molecule has 1 aliphatic rings. The molecule has 0 bridgehead atoms. The molecule has 2 aromatic rings. The summed E-state index contributed by atoms with van der Waals surface area (Å²) in [6.07, 6.45) is 1.08. The molecule has 7 heteroatoms. The highest BCUT2D eigenvalue weighted by molar-refractivity contribution is 5.95. The molecule has 0 saturated carbocycles. The summed E-state index contributed by atoms with van der Waals surface area (Å²) in [5.41, 5.74) is 1.89. The molecule has 148 valence electrons. The average molecular weight is 388 g/mol. The zero-order valence-electron chi connectivity index (χ0n) is 15.8. The Kier molecular flexibility index (Phi) is 5.92. The summed E-state index contributed by atoms with van der Waals surface area (Å²) < 4.78 is 32.2. The lowest BCUT2D eigenvalue weighted by molar-refractivity contribution is -0.131. The number of benzene rings is 2. The number of halogens is 2. The second kappa shape index (κ2) is 8.37. The number of rotatable bonds is 6. The second-order valence-corrected chi connectivity index (χ2v) is 6.96. The number of likely N-dealkylation sites (N-methyl/N-ethyl adjacent to an activating group) is 1. The normalized spacial score (nSPS) is 13.9. The molecule has 0 aromatic heterocycles. The van der Waals surface area contributed by atoms with E-state index in [0.717, 1.165) is 11.6 Å². The molecule has 1 N–H and O–H groups in total. The minimum atomic E-state index is -0.620. The number of hydrogen-bond donors (Lipinski definition) is 1. The van der Waals surface area contributed by atoms with Crippen molar-refractivity contribution in [2.75, 3.05) is 19.0 Å². The number of ether oxygens (including phenoxy) is 1. The number of carbonyl (C=O) groups excluding carboxylic acids is 2. The minimum Gasteiger partial charge on any atom is -0.482 e. The van der Waals surface area contributed by atoms with Crippen LogP contribution in [0.5, 0.6) is 5.75 Å². The summed E-state index contributed by atoms with van der Waals surface area (Å²) in [4.78, 5) is 25.5. The van der Waals surface area contributed by atoms with E-state index in [0.29, 0.717) is 29.8 Å². The molecule has 1 heterocycles. The van der Waals surface area contributed by atoms with Crippen LogP contribution >= 0.6 is 0 Å². The maximum atomic E-state index is 13.8. The Bertz CT molecular complexity index is 901. The van der Waals surface area contributed by atoms with Crippen LogP contribution < -0.4 is 10.1 Å². The SMILES string of the molecule is C[C@@H](Cc1ccc(F)cc1F)N(C)C(=O)CCc1ccc2c(c1)NC(=O)CO2. The topological polar surface area (TPSA) is 58.6 Å². The van der Waals surface area contributed by atoms with Crippen molar-refractivity contribution in [1.29, 1.82) is 0 Å². The Morgan fingerprint density at radius 1 is 1.25 bits per heavy atom. The lowest BCUT2D eigenvalue weighted by atomic mass is 10.0. The number of amides is 2. The molecule has 28 heavy (non-hydrogen) atoms. The Balaban J connectivity index is 1.56. The van der Waals surface area contributed by atoms with Crippen LogP contribution in [0.2, 0.25) is 0 Å². The van der Waals surface area contributed by atoms with Gasteiger partial charge in [-0.15, -0.1) is 0 Å². The third-order valence-electron chi connectivity index (χ3n) is 4.89. The van der Waals surface area contributed by atoms with Gasteiger partial charge in [-0.25, -0.2) is 8.78 Å². The fraction of sp³-hybridized carbons (Fsp3) is 0.333. The highest BCUT2D eigenvalue weighted by Crippen LogP contribution is 2.29. The zero-order chi connectivity index (χ0) is 20.3. The van der Waals surface area contributed by atoms with Crippen molar-refractivity contribution in [2.24, 2.45) is 0 Å². The number of aryl methyl sites for hydroxylation is 1. The molecular weight excluding hydrogens is 366 g/mol. The van der Waals surface area contributed by atoms with E-state index in [-0.39, 0.29) is 30.9 Å². The van der Waals surface area contributed by atoms with Gasteiger partial charge in [0.05, 0.1) is 5.69 Å². The highest BCUT2D eigenvalue weighted by Gasteiger charge is 2.19. The van der Waals surface area contributed by atoms with Gasteiger partial charge >= 0.3 is 0 Å². The first kappa shape index (κ1) is 19.8. The predicted octanol–water partition coefficient (Wildman–Crippen LogP) is 3.32. The zero-order valence-corrected chi connectivity index (χ0v) is 15.8. The molecule has 0 spiro atoms. The van der Waals surface area contributed by atoms with Crippen molar-refractivity contribution < 1.29 is 23.1 Å². The van der Waals surface area contributed by atoms with Crippen molar-refractivity contribution in [3.05, 3.63) is 59.2 Å². The van der Waals surface area contributed by atoms with Crippen LogP contribution in [0.25, 0.3) is 0 Å². The molecule has 0 radical (unpaired) electrons. The van der Waals surface area contributed by atoms with Crippen molar-refractivity contribution >= 4 is 17.5 Å². The Morgan fingerprint density at radius 2 is 2.04 bits per heavy atom. The van der Waals surface area contributed by atoms with Crippen LogP contribution in [0.3, 0.4) is 0 Å². The number of nitrogens with zero attached hydrogens (tertiary/aromatic N) is 1. The second-order valence-electron chi connectivity index (χ2n) is 6.96. The maximum Gasteiger partial charge on any atom is 0.262 e. The van der Waals surface area contributed by atoms with Crippen LogP contribution in [0.1, 0.15) is 24.5 Å². The first-order valence-corrected chi connectivity index (χ1v) is 9.08. The monoisotopic (exact) mass is 388 g/mol. The van der Waals surface area contributed by atoms with E-state index in [2.05, 4.69) is 5.32 Å². The summed E-state index contributed by atoms with van der Waals surface area (Å²) in [5, 5.41) is 2.74. The Morgan fingerprint density at radius 3 is 2.79 bits per heavy atom. The molecule has 3 rings (SSSR count). The molecule has 2 aromatic carbocycles. The van der Waals surface area contributed by atoms with Gasteiger partial charge in [0, 0.05) is 25.6 Å². The van der Waals surface area contributed by atoms with Gasteiger partial charge in [-0.05, 0) is 49.1 Å². The van der Waals surface area contributed by atoms with Crippen molar-refractivity contribution in [3.8, 4) is 5.75 Å². The van der Waals surface area contributed by atoms with E-state index in [1.54, 1.807) is 24.1 Å². The summed E-state index contributed by atoms with van der Waals surface area (Å²) in [7, 11) is 1.68. The first-order valence-electron chi connectivity index (χ1n) is 9.08. The lowest BCUT2D eigenvalue weighted by Crippen LogP contribution is -2.36. The smallest absolute Gasteiger partial charge is 0.262 e. The summed E-state index contributed by atoms with van der Waals surface area (Å²) in [5.74, 6) is -0.895. The van der Waals surface area contributed by atoms with Crippen LogP contribution in [-0.4, -0.2) is 36.4 Å². The first-order chi connectivity index (χ1) is 13.3. The molecule has 0 unspecified atom stereocenters.